The largest absolute Gasteiger partial charge is 0.504 e. The number of aromatic hydroxyl groups is 1. The first-order valence-corrected chi connectivity index (χ1v) is 9.15. The van der Waals surface area contributed by atoms with Crippen molar-refractivity contribution in [3.63, 3.8) is 0 Å². The smallest absolute Gasteiger partial charge is 0.315 e. The summed E-state index contributed by atoms with van der Waals surface area (Å²) in [7, 11) is 1.22. The molecule has 1 aromatic heterocycles. The number of nitro groups is 1. The summed E-state index contributed by atoms with van der Waals surface area (Å²) in [5.74, 6) is -1.38. The first kappa shape index (κ1) is 19.8. The van der Waals surface area contributed by atoms with Gasteiger partial charge in [-0.15, -0.1) is 0 Å². The van der Waals surface area contributed by atoms with E-state index in [0.717, 1.165) is 0 Å². The van der Waals surface area contributed by atoms with Crippen LogP contribution in [0.3, 0.4) is 0 Å². The summed E-state index contributed by atoms with van der Waals surface area (Å²) >= 11 is 0. The van der Waals surface area contributed by atoms with Crippen LogP contribution in [0.5, 0.6) is 17.4 Å². The molecule has 0 bridgehead atoms. The van der Waals surface area contributed by atoms with Gasteiger partial charge >= 0.3 is 5.69 Å². The molecule has 156 valence electrons. The summed E-state index contributed by atoms with van der Waals surface area (Å²) in [6.45, 7) is 1.74. The second-order valence-corrected chi connectivity index (χ2v) is 6.83. The molecule has 4 rings (SSSR count). The van der Waals surface area contributed by atoms with Gasteiger partial charge in [0.2, 0.25) is 17.5 Å². The molecular weight excluding hydrogens is 402 g/mol. The molecule has 3 aromatic rings. The molecule has 0 amide bonds. The van der Waals surface area contributed by atoms with Gasteiger partial charge in [-0.3, -0.25) is 10.1 Å². The topological polar surface area (TPSA) is 149 Å². The lowest BCUT2D eigenvalue weighted by molar-refractivity contribution is -0.385. The average molecular weight is 419 g/mol. The maximum absolute atomic E-state index is 11.6. The number of allylic oxidation sites excluding steroid dienone is 1. The highest BCUT2D eigenvalue weighted by Crippen LogP contribution is 2.48. The van der Waals surface area contributed by atoms with Crippen LogP contribution in [-0.2, 0) is 0 Å². The van der Waals surface area contributed by atoms with Crippen molar-refractivity contribution in [1.82, 2.24) is 9.78 Å². The van der Waals surface area contributed by atoms with Gasteiger partial charge in [0, 0.05) is 6.07 Å². The number of methoxy groups -OCH3 is 1. The minimum absolute atomic E-state index is 0.0575. The zero-order chi connectivity index (χ0) is 22.3. The van der Waals surface area contributed by atoms with E-state index in [-0.39, 0.29) is 22.8 Å². The Hall–Kier alpha value is -4.52. The minimum atomic E-state index is -0.832. The molecule has 0 radical (unpaired) electrons. The van der Waals surface area contributed by atoms with E-state index in [0.29, 0.717) is 22.8 Å². The van der Waals surface area contributed by atoms with Crippen LogP contribution in [0.4, 0.5) is 5.69 Å². The van der Waals surface area contributed by atoms with Gasteiger partial charge in [-0.2, -0.15) is 10.4 Å². The van der Waals surface area contributed by atoms with E-state index < -0.39 is 22.3 Å². The van der Waals surface area contributed by atoms with Gasteiger partial charge < -0.3 is 20.3 Å². The van der Waals surface area contributed by atoms with E-state index in [4.69, 9.17) is 15.2 Å². The summed E-state index contributed by atoms with van der Waals surface area (Å²) in [6, 6.07) is 13.8. The van der Waals surface area contributed by atoms with Crippen molar-refractivity contribution in [2.24, 2.45) is 5.73 Å². The number of phenols is 1. The number of ether oxygens (including phenoxy) is 2. The fraction of sp³-hybridized carbons (Fsp3) is 0.143. The zero-order valence-corrected chi connectivity index (χ0v) is 16.6. The Morgan fingerprint density at radius 3 is 2.68 bits per heavy atom. The number of aromatic nitrogens is 2. The van der Waals surface area contributed by atoms with Crippen LogP contribution >= 0.6 is 0 Å². The number of hydrogen-bond acceptors (Lipinski definition) is 8. The first-order chi connectivity index (χ1) is 14.9. The molecule has 1 aliphatic rings. The van der Waals surface area contributed by atoms with Crippen molar-refractivity contribution in [2.45, 2.75) is 12.8 Å². The average Bonchev–Trinajstić information content (AvgIpc) is 3.08. The monoisotopic (exact) mass is 419 g/mol. The minimum Gasteiger partial charge on any atom is -0.504 e. The third-order valence-electron chi connectivity index (χ3n) is 5.04. The van der Waals surface area contributed by atoms with Gasteiger partial charge in [-0.05, 0) is 30.7 Å². The lowest BCUT2D eigenvalue weighted by atomic mass is 9.83. The highest BCUT2D eigenvalue weighted by molar-refractivity contribution is 5.63. The van der Waals surface area contributed by atoms with Crippen LogP contribution in [0.1, 0.15) is 22.7 Å². The van der Waals surface area contributed by atoms with Gasteiger partial charge in [0.15, 0.2) is 5.75 Å². The van der Waals surface area contributed by atoms with E-state index in [2.05, 4.69) is 5.10 Å². The number of benzene rings is 2. The molecule has 2 heterocycles. The molecule has 0 spiro atoms. The van der Waals surface area contributed by atoms with Crippen LogP contribution in [0.15, 0.2) is 53.9 Å². The number of rotatable bonds is 4. The summed E-state index contributed by atoms with van der Waals surface area (Å²) in [6.07, 6.45) is 0. The molecule has 3 N–H and O–H groups in total. The molecule has 1 atom stereocenters. The van der Waals surface area contributed by atoms with Crippen molar-refractivity contribution in [3.8, 4) is 29.1 Å². The summed E-state index contributed by atoms with van der Waals surface area (Å²) in [5.41, 5.74) is 7.73. The molecule has 0 fully saturated rings. The van der Waals surface area contributed by atoms with E-state index >= 15 is 0 Å². The number of nitrogens with zero attached hydrogens (tertiary/aromatic N) is 4. The maximum atomic E-state index is 11.6. The number of phenolic OH excluding ortho intramolecular Hbond substituents is 1. The summed E-state index contributed by atoms with van der Waals surface area (Å²) in [5, 5.41) is 36.2. The van der Waals surface area contributed by atoms with Crippen molar-refractivity contribution in [2.75, 3.05) is 7.11 Å². The van der Waals surface area contributed by atoms with E-state index in [1.54, 1.807) is 11.6 Å². The van der Waals surface area contributed by atoms with Crippen LogP contribution in [0.2, 0.25) is 0 Å². The van der Waals surface area contributed by atoms with Gasteiger partial charge in [-0.1, -0.05) is 18.2 Å². The fourth-order valence-corrected chi connectivity index (χ4v) is 3.72. The van der Waals surface area contributed by atoms with Crippen molar-refractivity contribution >= 4 is 5.69 Å². The number of nitrogens with two attached hydrogens (primary N) is 1. The number of fused-ring (bicyclic) bond motifs is 1. The maximum Gasteiger partial charge on any atom is 0.315 e. The van der Waals surface area contributed by atoms with Crippen molar-refractivity contribution in [3.05, 3.63) is 80.9 Å². The van der Waals surface area contributed by atoms with Gasteiger partial charge in [0.25, 0.3) is 0 Å². The predicted octanol–water partition coefficient (Wildman–Crippen LogP) is 3.02. The molecule has 0 saturated carbocycles. The summed E-state index contributed by atoms with van der Waals surface area (Å²) in [4.78, 5) is 10.9. The molecule has 0 aliphatic carbocycles. The Kier molecular flexibility index (Phi) is 4.71. The fourth-order valence-electron chi connectivity index (χ4n) is 3.72. The number of nitro benzene ring substituents is 1. The molecule has 10 heteroatoms. The number of aryl methyl sites for hydroxylation is 1. The molecule has 10 nitrogen and oxygen atoms in total. The zero-order valence-electron chi connectivity index (χ0n) is 16.6. The van der Waals surface area contributed by atoms with Crippen LogP contribution in [-0.4, -0.2) is 26.9 Å². The standard InChI is InChI=1S/C21H17N5O5/c1-11-17-18(12-8-15(26(28)29)19(30-2)16(27)9-12)14(10-22)20(23)31-21(17)25(24-11)13-6-4-3-5-7-13/h3-9,18,27H,23H2,1-2H3. The molecule has 1 unspecified atom stereocenters. The highest BCUT2D eigenvalue weighted by atomic mass is 16.6. The van der Waals surface area contributed by atoms with Gasteiger partial charge in [0.05, 0.1) is 34.9 Å². The third-order valence-corrected chi connectivity index (χ3v) is 5.04. The third kappa shape index (κ3) is 3.08. The highest BCUT2D eigenvalue weighted by Gasteiger charge is 2.37. The van der Waals surface area contributed by atoms with Crippen molar-refractivity contribution in [1.29, 1.82) is 5.26 Å². The van der Waals surface area contributed by atoms with Gasteiger partial charge in [-0.25, -0.2) is 4.68 Å². The number of nitriles is 1. The van der Waals surface area contributed by atoms with Crippen LogP contribution < -0.4 is 15.2 Å². The Balaban J connectivity index is 1.99. The molecule has 31 heavy (non-hydrogen) atoms. The van der Waals surface area contributed by atoms with Crippen LogP contribution in [0.25, 0.3) is 5.69 Å². The Bertz CT molecular complexity index is 1270. The van der Waals surface area contributed by atoms with Crippen molar-refractivity contribution < 1.29 is 19.5 Å². The lowest BCUT2D eigenvalue weighted by Gasteiger charge is -2.25. The Morgan fingerprint density at radius 2 is 2.06 bits per heavy atom. The van der Waals surface area contributed by atoms with E-state index in [1.807, 2.05) is 36.4 Å². The Labute approximate surface area is 176 Å². The molecule has 0 saturated heterocycles. The van der Waals surface area contributed by atoms with E-state index in [9.17, 15) is 20.5 Å². The SMILES string of the molecule is COc1c(O)cc(C2C(C#N)=C(N)Oc3c2c(C)nn3-c2ccccc2)cc1[N+](=O)[O-]. The van der Waals surface area contributed by atoms with E-state index in [1.165, 1.54) is 19.2 Å². The van der Waals surface area contributed by atoms with Gasteiger partial charge in [0.1, 0.15) is 11.6 Å². The quantitative estimate of drug-likeness (QED) is 0.484. The number of hydrogen-bond donors (Lipinski definition) is 2. The second kappa shape index (κ2) is 7.38. The molecule has 1 aliphatic heterocycles. The first-order valence-electron chi connectivity index (χ1n) is 9.15. The predicted molar refractivity (Wildman–Crippen MR) is 109 cm³/mol. The second-order valence-electron chi connectivity index (χ2n) is 6.83. The molecular formula is C21H17N5O5. The molecule has 2 aromatic carbocycles. The lowest BCUT2D eigenvalue weighted by Crippen LogP contribution is -2.22. The Morgan fingerprint density at radius 1 is 1.35 bits per heavy atom. The van der Waals surface area contributed by atoms with Crippen LogP contribution in [0, 0.1) is 28.4 Å². The normalized spacial score (nSPS) is 15.1. The number of para-hydroxylation sites is 1. The summed E-state index contributed by atoms with van der Waals surface area (Å²) < 4.78 is 12.3.